The molecule has 4 rings (SSSR count). The quantitative estimate of drug-likeness (QED) is 0.792. The standard InChI is InChI=1S/C21H22ClNO2/c1-25-20-12-18-9-10-19(13-20)23(18)21(24)15-7-5-14(6-8-15)16-3-2-4-17(22)11-16/h2-8,11,18-20H,9-10,12-13H2,1H3. The fourth-order valence-corrected chi connectivity index (χ4v) is 4.46. The SMILES string of the molecule is COC1CC2CCC(C1)N2C(=O)c1ccc(-c2cccc(Cl)c2)cc1. The van der Waals surface area contributed by atoms with Crippen LogP contribution >= 0.6 is 11.6 Å². The molecule has 2 aromatic rings. The summed E-state index contributed by atoms with van der Waals surface area (Å²) in [6.07, 6.45) is 4.40. The van der Waals surface area contributed by atoms with Gasteiger partial charge in [-0.1, -0.05) is 35.9 Å². The van der Waals surface area contributed by atoms with Crippen LogP contribution in [0, 0.1) is 0 Å². The summed E-state index contributed by atoms with van der Waals surface area (Å²) in [7, 11) is 1.77. The smallest absolute Gasteiger partial charge is 0.254 e. The molecule has 2 aromatic carbocycles. The van der Waals surface area contributed by atoms with Gasteiger partial charge in [-0.25, -0.2) is 0 Å². The number of ether oxygens (including phenoxy) is 1. The van der Waals surface area contributed by atoms with Crippen molar-refractivity contribution in [3.63, 3.8) is 0 Å². The second-order valence-electron chi connectivity index (χ2n) is 7.01. The minimum atomic E-state index is 0.152. The average molecular weight is 356 g/mol. The minimum absolute atomic E-state index is 0.152. The van der Waals surface area contributed by atoms with Crippen molar-refractivity contribution in [2.45, 2.75) is 43.9 Å². The Kier molecular flexibility index (Phi) is 4.53. The fraction of sp³-hybridized carbons (Fsp3) is 0.381. The predicted octanol–water partition coefficient (Wildman–Crippen LogP) is 4.79. The molecule has 2 fully saturated rings. The molecule has 0 N–H and O–H groups in total. The summed E-state index contributed by atoms with van der Waals surface area (Å²) in [6, 6.07) is 16.3. The van der Waals surface area contributed by atoms with E-state index in [2.05, 4.69) is 4.90 Å². The Balaban J connectivity index is 1.54. The number of hydrogen-bond donors (Lipinski definition) is 0. The molecule has 2 heterocycles. The van der Waals surface area contributed by atoms with E-state index in [1.165, 1.54) is 0 Å². The highest BCUT2D eigenvalue weighted by Gasteiger charge is 2.43. The van der Waals surface area contributed by atoms with Crippen molar-refractivity contribution in [2.75, 3.05) is 7.11 Å². The van der Waals surface area contributed by atoms with Crippen molar-refractivity contribution in [2.24, 2.45) is 0 Å². The van der Waals surface area contributed by atoms with Gasteiger partial charge in [-0.3, -0.25) is 4.79 Å². The van der Waals surface area contributed by atoms with Crippen LogP contribution in [0.3, 0.4) is 0 Å². The van der Waals surface area contributed by atoms with E-state index in [0.717, 1.165) is 47.4 Å². The molecule has 2 unspecified atom stereocenters. The van der Waals surface area contributed by atoms with Gasteiger partial charge < -0.3 is 9.64 Å². The number of carbonyl (C=O) groups is 1. The normalized spacial score (nSPS) is 25.2. The first kappa shape index (κ1) is 16.6. The van der Waals surface area contributed by atoms with E-state index in [4.69, 9.17) is 16.3 Å². The third-order valence-corrected chi connectivity index (χ3v) is 5.78. The van der Waals surface area contributed by atoms with Crippen molar-refractivity contribution < 1.29 is 9.53 Å². The molecular formula is C21H22ClNO2. The maximum Gasteiger partial charge on any atom is 0.254 e. The summed E-state index contributed by atoms with van der Waals surface area (Å²) in [5.74, 6) is 0.152. The highest BCUT2D eigenvalue weighted by Crippen LogP contribution is 2.37. The Morgan fingerprint density at radius 1 is 1.04 bits per heavy atom. The van der Waals surface area contributed by atoms with Gasteiger partial charge in [0.15, 0.2) is 0 Å². The van der Waals surface area contributed by atoms with Crippen LogP contribution < -0.4 is 0 Å². The summed E-state index contributed by atoms with van der Waals surface area (Å²) in [5.41, 5.74) is 2.89. The second kappa shape index (κ2) is 6.81. The summed E-state index contributed by atoms with van der Waals surface area (Å²) >= 11 is 6.07. The lowest BCUT2D eigenvalue weighted by molar-refractivity contribution is 0.00822. The second-order valence-corrected chi connectivity index (χ2v) is 7.45. The van der Waals surface area contributed by atoms with Crippen LogP contribution in [-0.4, -0.2) is 36.1 Å². The van der Waals surface area contributed by atoms with Crippen LogP contribution in [-0.2, 0) is 4.74 Å². The number of piperidine rings is 1. The van der Waals surface area contributed by atoms with E-state index in [1.54, 1.807) is 7.11 Å². The summed E-state index contributed by atoms with van der Waals surface area (Å²) in [4.78, 5) is 15.1. The van der Waals surface area contributed by atoms with Gasteiger partial charge in [0.25, 0.3) is 5.91 Å². The molecule has 4 heteroatoms. The molecule has 3 nitrogen and oxygen atoms in total. The van der Waals surface area contributed by atoms with Gasteiger partial charge in [-0.05, 0) is 61.1 Å². The Hall–Kier alpha value is -1.84. The van der Waals surface area contributed by atoms with E-state index in [9.17, 15) is 4.79 Å². The zero-order valence-corrected chi connectivity index (χ0v) is 15.1. The molecule has 1 amide bonds. The van der Waals surface area contributed by atoms with Gasteiger partial charge in [-0.2, -0.15) is 0 Å². The zero-order valence-electron chi connectivity index (χ0n) is 14.3. The first-order chi connectivity index (χ1) is 12.2. The number of fused-ring (bicyclic) bond motifs is 2. The fourth-order valence-electron chi connectivity index (χ4n) is 4.27. The van der Waals surface area contributed by atoms with Crippen LogP contribution in [0.5, 0.6) is 0 Å². The molecule has 130 valence electrons. The van der Waals surface area contributed by atoms with Crippen molar-refractivity contribution >= 4 is 17.5 Å². The average Bonchev–Trinajstić information content (AvgIpc) is 2.91. The monoisotopic (exact) mass is 355 g/mol. The highest BCUT2D eigenvalue weighted by atomic mass is 35.5. The molecule has 2 atom stereocenters. The first-order valence-electron chi connectivity index (χ1n) is 8.87. The van der Waals surface area contributed by atoms with E-state index in [1.807, 2.05) is 48.5 Å². The summed E-state index contributed by atoms with van der Waals surface area (Å²) in [6.45, 7) is 0. The topological polar surface area (TPSA) is 29.5 Å². The van der Waals surface area contributed by atoms with Gasteiger partial charge in [-0.15, -0.1) is 0 Å². The summed E-state index contributed by atoms with van der Waals surface area (Å²) < 4.78 is 5.53. The zero-order chi connectivity index (χ0) is 17.4. The number of carbonyl (C=O) groups excluding carboxylic acids is 1. The molecule has 0 spiro atoms. The molecule has 0 radical (unpaired) electrons. The summed E-state index contributed by atoms with van der Waals surface area (Å²) in [5, 5.41) is 0.718. The van der Waals surface area contributed by atoms with Crippen LogP contribution in [0.1, 0.15) is 36.0 Å². The molecule has 2 bridgehead atoms. The number of nitrogens with zero attached hydrogens (tertiary/aromatic N) is 1. The Labute approximate surface area is 153 Å². The van der Waals surface area contributed by atoms with Crippen molar-refractivity contribution in [3.05, 3.63) is 59.1 Å². The molecule has 0 saturated carbocycles. The number of halogens is 1. The lowest BCUT2D eigenvalue weighted by Gasteiger charge is -2.38. The van der Waals surface area contributed by atoms with Crippen LogP contribution in [0.25, 0.3) is 11.1 Å². The third kappa shape index (κ3) is 3.19. The highest BCUT2D eigenvalue weighted by molar-refractivity contribution is 6.30. The van der Waals surface area contributed by atoms with E-state index in [-0.39, 0.29) is 5.91 Å². The van der Waals surface area contributed by atoms with Gasteiger partial charge in [0.05, 0.1) is 6.10 Å². The maximum absolute atomic E-state index is 13.0. The van der Waals surface area contributed by atoms with Gasteiger partial charge in [0.1, 0.15) is 0 Å². The molecule has 0 aromatic heterocycles. The van der Waals surface area contributed by atoms with Gasteiger partial charge in [0.2, 0.25) is 0 Å². The van der Waals surface area contributed by atoms with Crippen molar-refractivity contribution in [3.8, 4) is 11.1 Å². The van der Waals surface area contributed by atoms with Gasteiger partial charge in [0, 0.05) is 29.8 Å². The van der Waals surface area contributed by atoms with Gasteiger partial charge >= 0.3 is 0 Å². The molecule has 2 saturated heterocycles. The van der Waals surface area contributed by atoms with Crippen LogP contribution in [0.15, 0.2) is 48.5 Å². The van der Waals surface area contributed by atoms with Crippen LogP contribution in [0.2, 0.25) is 5.02 Å². The van der Waals surface area contributed by atoms with Crippen molar-refractivity contribution in [1.29, 1.82) is 0 Å². The van der Waals surface area contributed by atoms with Crippen LogP contribution in [0.4, 0.5) is 0 Å². The third-order valence-electron chi connectivity index (χ3n) is 5.55. The Bertz CT molecular complexity index is 760. The van der Waals surface area contributed by atoms with E-state index < -0.39 is 0 Å². The minimum Gasteiger partial charge on any atom is -0.381 e. The molecule has 2 aliphatic heterocycles. The Morgan fingerprint density at radius 3 is 2.32 bits per heavy atom. The maximum atomic E-state index is 13.0. The Morgan fingerprint density at radius 2 is 1.72 bits per heavy atom. The number of methoxy groups -OCH3 is 1. The number of rotatable bonds is 3. The number of amides is 1. The molecular weight excluding hydrogens is 334 g/mol. The number of hydrogen-bond acceptors (Lipinski definition) is 2. The van der Waals surface area contributed by atoms with E-state index >= 15 is 0 Å². The lowest BCUT2D eigenvalue weighted by Crippen LogP contribution is -2.48. The predicted molar refractivity (Wildman–Crippen MR) is 99.9 cm³/mol. The molecule has 2 aliphatic rings. The first-order valence-corrected chi connectivity index (χ1v) is 9.25. The molecule has 0 aliphatic carbocycles. The number of benzene rings is 2. The van der Waals surface area contributed by atoms with Crippen molar-refractivity contribution in [1.82, 2.24) is 4.90 Å². The largest absolute Gasteiger partial charge is 0.381 e. The molecule has 25 heavy (non-hydrogen) atoms. The van der Waals surface area contributed by atoms with E-state index in [0.29, 0.717) is 18.2 Å². The lowest BCUT2D eigenvalue weighted by atomic mass is 9.98.